The molecule has 0 saturated heterocycles. The van der Waals surface area contributed by atoms with Gasteiger partial charge >= 0.3 is 0 Å². The molecular weight excluding hydrogens is 381 g/mol. The average Bonchev–Trinajstić information content (AvgIpc) is 2.44. The van der Waals surface area contributed by atoms with Gasteiger partial charge in [0.05, 0.1) is 6.26 Å². The molecule has 1 heterocycles. The summed E-state index contributed by atoms with van der Waals surface area (Å²) in [5.74, 6) is 0.675. The second-order valence-electron chi connectivity index (χ2n) is 4.17. The van der Waals surface area contributed by atoms with E-state index in [-0.39, 0.29) is 39.3 Å². The Hall–Kier alpha value is -1.16. The molecule has 0 aliphatic heterocycles. The van der Waals surface area contributed by atoms with Crippen molar-refractivity contribution in [1.82, 2.24) is 19.7 Å². The molecule has 0 saturated carbocycles. The van der Waals surface area contributed by atoms with Crippen molar-refractivity contribution in [1.29, 1.82) is 0 Å². The van der Waals surface area contributed by atoms with Crippen LogP contribution in [0.5, 0.6) is 0 Å². The molecule has 0 unspecified atom stereocenters. The van der Waals surface area contributed by atoms with E-state index in [1.165, 1.54) is 0 Å². The maximum atomic E-state index is 10.9. The minimum atomic E-state index is -3.19. The second kappa shape index (κ2) is 9.09. The standard InChI is InChI=1S/C12H15N6O2S.Y/c1-21(19,20)16-8-7-13-11-14-9-15-12(18-11)17-10-5-3-2-4-6-10;/h2-6,16H,7-8H2,1H3,(H2,13,14,15,17,18);/q-1;. The van der Waals surface area contributed by atoms with Crippen molar-refractivity contribution in [2.75, 3.05) is 30.0 Å². The molecule has 0 bridgehead atoms. The number of hydrogen-bond donors (Lipinski definition) is 3. The summed E-state index contributed by atoms with van der Waals surface area (Å²) in [6.07, 6.45) is 3.58. The van der Waals surface area contributed by atoms with E-state index in [4.69, 9.17) is 0 Å². The van der Waals surface area contributed by atoms with E-state index in [2.05, 4.69) is 36.6 Å². The number of nitrogens with one attached hydrogen (secondary N) is 3. The van der Waals surface area contributed by atoms with E-state index in [1.807, 2.05) is 30.3 Å². The van der Waals surface area contributed by atoms with Gasteiger partial charge in [-0.25, -0.2) is 13.1 Å². The number of aromatic nitrogens is 3. The van der Waals surface area contributed by atoms with Crippen LogP contribution >= 0.6 is 0 Å². The van der Waals surface area contributed by atoms with Gasteiger partial charge in [-0.2, -0.15) is 0 Å². The first-order valence-electron chi connectivity index (χ1n) is 6.16. The van der Waals surface area contributed by atoms with Gasteiger partial charge in [0.25, 0.3) is 0 Å². The van der Waals surface area contributed by atoms with Crippen LogP contribution in [0.1, 0.15) is 0 Å². The van der Waals surface area contributed by atoms with E-state index in [9.17, 15) is 8.42 Å². The molecule has 1 radical (unpaired) electrons. The van der Waals surface area contributed by atoms with Crippen LogP contribution in [0, 0.1) is 6.33 Å². The maximum absolute atomic E-state index is 10.9. The normalized spacial score (nSPS) is 10.6. The quantitative estimate of drug-likeness (QED) is 0.459. The molecule has 0 atom stereocenters. The number of anilines is 3. The molecule has 0 aliphatic rings. The Morgan fingerprint density at radius 1 is 1.09 bits per heavy atom. The maximum Gasteiger partial charge on any atom is 0.208 e. The Morgan fingerprint density at radius 2 is 1.77 bits per heavy atom. The summed E-state index contributed by atoms with van der Waals surface area (Å²) in [4.78, 5) is 11.9. The van der Waals surface area contributed by atoms with Gasteiger partial charge < -0.3 is 25.6 Å². The topological polar surface area (TPSA) is 109 Å². The van der Waals surface area contributed by atoms with Gasteiger partial charge in [0.15, 0.2) is 0 Å². The molecule has 10 heteroatoms. The molecule has 2 aromatic rings. The van der Waals surface area contributed by atoms with E-state index in [1.54, 1.807) is 0 Å². The Kier molecular flexibility index (Phi) is 7.80. The summed E-state index contributed by atoms with van der Waals surface area (Å²) >= 11 is 0. The van der Waals surface area contributed by atoms with Crippen LogP contribution in [-0.4, -0.2) is 42.7 Å². The van der Waals surface area contributed by atoms with Gasteiger partial charge in [0.1, 0.15) is 11.9 Å². The SMILES string of the molecule is CS(=O)(=O)NCCNc1n[c-]nc(Nc2ccccc2)n1.[Y]. The second-order valence-corrected chi connectivity index (χ2v) is 6.00. The molecule has 1 aromatic carbocycles. The predicted octanol–water partition coefficient (Wildman–Crippen LogP) is 0.374. The van der Waals surface area contributed by atoms with Crippen molar-refractivity contribution in [2.45, 2.75) is 0 Å². The fourth-order valence-electron chi connectivity index (χ4n) is 1.47. The largest absolute Gasteiger partial charge is 0.405 e. The predicted molar refractivity (Wildman–Crippen MR) is 79.7 cm³/mol. The average molecular weight is 396 g/mol. The third kappa shape index (κ3) is 7.21. The van der Waals surface area contributed by atoms with Crippen molar-refractivity contribution in [3.05, 3.63) is 36.7 Å². The molecule has 0 spiro atoms. The molecule has 2 rings (SSSR count). The van der Waals surface area contributed by atoms with Crippen LogP contribution in [0.2, 0.25) is 0 Å². The minimum absolute atomic E-state index is 0. The number of benzene rings is 1. The summed E-state index contributed by atoms with van der Waals surface area (Å²) in [5, 5.41) is 5.90. The molecule has 8 nitrogen and oxygen atoms in total. The summed E-state index contributed by atoms with van der Waals surface area (Å²) in [7, 11) is -3.19. The zero-order valence-corrected chi connectivity index (χ0v) is 15.6. The summed E-state index contributed by atoms with van der Waals surface area (Å²) < 4.78 is 24.2. The van der Waals surface area contributed by atoms with Gasteiger partial charge in [-0.3, -0.25) is 0 Å². The van der Waals surface area contributed by atoms with Crippen LogP contribution in [-0.2, 0) is 42.7 Å². The van der Waals surface area contributed by atoms with Crippen LogP contribution < -0.4 is 15.4 Å². The zero-order valence-electron chi connectivity index (χ0n) is 11.9. The number of para-hydroxylation sites is 1. The van der Waals surface area contributed by atoms with Gasteiger partial charge in [-0.1, -0.05) is 18.2 Å². The number of rotatable bonds is 7. The van der Waals surface area contributed by atoms with Crippen LogP contribution in [0.3, 0.4) is 0 Å². The Morgan fingerprint density at radius 3 is 2.45 bits per heavy atom. The Bertz CT molecular complexity index is 683. The van der Waals surface area contributed by atoms with E-state index >= 15 is 0 Å². The third-order valence-electron chi connectivity index (χ3n) is 2.33. The molecule has 0 aliphatic carbocycles. The Labute approximate surface area is 154 Å². The third-order valence-corrected chi connectivity index (χ3v) is 3.05. The number of hydrogen-bond acceptors (Lipinski definition) is 7. The van der Waals surface area contributed by atoms with E-state index < -0.39 is 10.0 Å². The first-order chi connectivity index (χ1) is 10.0. The summed E-state index contributed by atoms with van der Waals surface area (Å²) in [5.41, 5.74) is 0.849. The fraction of sp³-hybridized carbons (Fsp3) is 0.250. The molecular formula is C12H15N6O2SY-. The summed E-state index contributed by atoms with van der Waals surface area (Å²) in [6, 6.07) is 9.46. The van der Waals surface area contributed by atoms with E-state index in [0.29, 0.717) is 18.4 Å². The molecule has 0 amide bonds. The molecule has 3 N–H and O–H groups in total. The molecule has 22 heavy (non-hydrogen) atoms. The Balaban J connectivity index is 0.00000242. The first-order valence-corrected chi connectivity index (χ1v) is 8.05. The van der Waals surface area contributed by atoms with Crippen molar-refractivity contribution in [3.8, 4) is 0 Å². The first kappa shape index (κ1) is 18.9. The van der Waals surface area contributed by atoms with Crippen molar-refractivity contribution < 1.29 is 41.1 Å². The van der Waals surface area contributed by atoms with Gasteiger partial charge in [-0.15, -0.1) is 0 Å². The summed E-state index contributed by atoms with van der Waals surface area (Å²) in [6.45, 7) is 0.599. The van der Waals surface area contributed by atoms with Gasteiger partial charge in [-0.05, 0) is 12.1 Å². The minimum Gasteiger partial charge on any atom is -0.405 e. The van der Waals surface area contributed by atoms with Gasteiger partial charge in [0.2, 0.25) is 10.0 Å². The number of nitrogens with zero attached hydrogens (tertiary/aromatic N) is 3. The smallest absolute Gasteiger partial charge is 0.208 e. The van der Waals surface area contributed by atoms with Crippen LogP contribution in [0.25, 0.3) is 0 Å². The molecule has 0 fully saturated rings. The number of sulfonamides is 1. The molecule has 115 valence electrons. The monoisotopic (exact) mass is 396 g/mol. The van der Waals surface area contributed by atoms with E-state index in [0.717, 1.165) is 11.9 Å². The van der Waals surface area contributed by atoms with Crippen molar-refractivity contribution >= 4 is 27.6 Å². The zero-order chi connectivity index (χ0) is 15.1. The van der Waals surface area contributed by atoms with Crippen LogP contribution in [0.15, 0.2) is 30.3 Å². The van der Waals surface area contributed by atoms with Crippen molar-refractivity contribution in [3.63, 3.8) is 0 Å². The van der Waals surface area contributed by atoms with Gasteiger partial charge in [0, 0.05) is 57.8 Å². The van der Waals surface area contributed by atoms with Crippen molar-refractivity contribution in [2.24, 2.45) is 0 Å². The molecule has 1 aromatic heterocycles. The van der Waals surface area contributed by atoms with Crippen LogP contribution in [0.4, 0.5) is 17.6 Å². The fourth-order valence-corrected chi connectivity index (χ4v) is 1.94.